The van der Waals surface area contributed by atoms with E-state index in [1.165, 1.54) is 5.56 Å². The number of aryl methyl sites for hydroxylation is 1. The van der Waals surface area contributed by atoms with Crippen LogP contribution in [0.3, 0.4) is 0 Å². The summed E-state index contributed by atoms with van der Waals surface area (Å²) in [6, 6.07) is 12.0. The molecular weight excluding hydrogens is 210 g/mol. The van der Waals surface area contributed by atoms with Crippen molar-refractivity contribution in [3.63, 3.8) is 0 Å². The number of pyridine rings is 1. The molecule has 2 heteroatoms. The number of benzene rings is 1. The molecule has 0 saturated heterocycles. The third-order valence-corrected chi connectivity index (χ3v) is 2.95. The van der Waals surface area contributed by atoms with Gasteiger partial charge in [0.2, 0.25) is 0 Å². The van der Waals surface area contributed by atoms with Gasteiger partial charge < -0.3 is 4.79 Å². The summed E-state index contributed by atoms with van der Waals surface area (Å²) in [6.07, 6.45) is 5.43. The Labute approximate surface area is 101 Å². The van der Waals surface area contributed by atoms with Crippen molar-refractivity contribution in [1.82, 2.24) is 4.98 Å². The molecule has 2 rings (SSSR count). The minimum atomic E-state index is -0.191. The first-order chi connectivity index (χ1) is 8.35. The van der Waals surface area contributed by atoms with E-state index in [2.05, 4.69) is 24.0 Å². The Kier molecular flexibility index (Phi) is 3.66. The molecule has 0 aliphatic rings. The second kappa shape index (κ2) is 5.39. The maximum Gasteiger partial charge on any atom is 0.131 e. The molecule has 2 nitrogen and oxygen atoms in total. The fourth-order valence-corrected chi connectivity index (χ4v) is 1.88. The largest absolute Gasteiger partial charge is 0.302 e. The monoisotopic (exact) mass is 225 g/mol. The third kappa shape index (κ3) is 2.59. The van der Waals surface area contributed by atoms with E-state index >= 15 is 0 Å². The van der Waals surface area contributed by atoms with Crippen LogP contribution >= 0.6 is 0 Å². The normalized spacial score (nSPS) is 12.1. The molecular formula is C15H15NO. The Morgan fingerprint density at radius 1 is 1.06 bits per heavy atom. The maximum absolute atomic E-state index is 11.2. The van der Waals surface area contributed by atoms with Crippen molar-refractivity contribution in [2.45, 2.75) is 19.3 Å². The first-order valence-electron chi connectivity index (χ1n) is 5.79. The number of rotatable bonds is 4. The molecule has 0 aliphatic heterocycles. The summed E-state index contributed by atoms with van der Waals surface area (Å²) in [5, 5.41) is 0. The number of carbonyl (C=O) groups excluding carboxylic acids is 1. The van der Waals surface area contributed by atoms with Gasteiger partial charge in [0.1, 0.15) is 6.29 Å². The summed E-state index contributed by atoms with van der Waals surface area (Å²) < 4.78 is 0. The van der Waals surface area contributed by atoms with Crippen LogP contribution in [-0.4, -0.2) is 11.3 Å². The zero-order valence-corrected chi connectivity index (χ0v) is 9.84. The SMILES string of the molecule is CCc1ccc(C(C=O)c2ccncc2)cc1. The predicted octanol–water partition coefficient (Wildman–Crippen LogP) is 2.97. The average molecular weight is 225 g/mol. The molecule has 86 valence electrons. The Hall–Kier alpha value is -1.96. The molecule has 0 amide bonds. The molecule has 17 heavy (non-hydrogen) atoms. The fraction of sp³-hybridized carbons (Fsp3) is 0.200. The van der Waals surface area contributed by atoms with Crippen molar-refractivity contribution in [2.24, 2.45) is 0 Å². The van der Waals surface area contributed by atoms with Gasteiger partial charge in [0.05, 0.1) is 5.92 Å². The van der Waals surface area contributed by atoms with Crippen LogP contribution in [0.1, 0.15) is 29.5 Å². The number of carbonyl (C=O) groups is 1. The van der Waals surface area contributed by atoms with Gasteiger partial charge in [-0.1, -0.05) is 31.2 Å². The molecule has 1 heterocycles. The van der Waals surface area contributed by atoms with E-state index in [0.717, 1.165) is 23.8 Å². The van der Waals surface area contributed by atoms with Gasteiger partial charge in [0.25, 0.3) is 0 Å². The highest BCUT2D eigenvalue weighted by molar-refractivity contribution is 5.68. The van der Waals surface area contributed by atoms with Gasteiger partial charge >= 0.3 is 0 Å². The first kappa shape index (κ1) is 11.5. The molecule has 0 fully saturated rings. The minimum absolute atomic E-state index is 0.191. The Morgan fingerprint density at radius 3 is 2.18 bits per heavy atom. The van der Waals surface area contributed by atoms with E-state index in [1.54, 1.807) is 12.4 Å². The second-order valence-electron chi connectivity index (χ2n) is 3.99. The molecule has 0 aliphatic carbocycles. The third-order valence-electron chi connectivity index (χ3n) is 2.95. The van der Waals surface area contributed by atoms with E-state index < -0.39 is 0 Å². The Balaban J connectivity index is 2.32. The van der Waals surface area contributed by atoms with E-state index in [1.807, 2.05) is 24.3 Å². The summed E-state index contributed by atoms with van der Waals surface area (Å²) in [6.45, 7) is 2.12. The number of aromatic nitrogens is 1. The smallest absolute Gasteiger partial charge is 0.131 e. The maximum atomic E-state index is 11.2. The predicted molar refractivity (Wildman–Crippen MR) is 68.0 cm³/mol. The zero-order chi connectivity index (χ0) is 12.1. The van der Waals surface area contributed by atoms with Crippen LogP contribution in [0.2, 0.25) is 0 Å². The van der Waals surface area contributed by atoms with Crippen molar-refractivity contribution >= 4 is 6.29 Å². The van der Waals surface area contributed by atoms with E-state index in [-0.39, 0.29) is 5.92 Å². The Morgan fingerprint density at radius 2 is 1.65 bits per heavy atom. The van der Waals surface area contributed by atoms with Crippen molar-refractivity contribution in [3.05, 3.63) is 65.5 Å². The summed E-state index contributed by atoms with van der Waals surface area (Å²) in [5.74, 6) is -0.191. The van der Waals surface area contributed by atoms with Crippen LogP contribution in [0, 0.1) is 0 Å². The molecule has 1 aromatic heterocycles. The van der Waals surface area contributed by atoms with Crippen LogP contribution in [0.5, 0.6) is 0 Å². The van der Waals surface area contributed by atoms with Crippen molar-refractivity contribution in [3.8, 4) is 0 Å². The van der Waals surface area contributed by atoms with Crippen molar-refractivity contribution < 1.29 is 4.79 Å². The summed E-state index contributed by atoms with van der Waals surface area (Å²) in [5.41, 5.74) is 3.30. The number of nitrogens with zero attached hydrogens (tertiary/aromatic N) is 1. The number of hydrogen-bond acceptors (Lipinski definition) is 2. The van der Waals surface area contributed by atoms with Crippen LogP contribution in [0.15, 0.2) is 48.8 Å². The highest BCUT2D eigenvalue weighted by atomic mass is 16.1. The van der Waals surface area contributed by atoms with Crippen LogP contribution < -0.4 is 0 Å². The lowest BCUT2D eigenvalue weighted by molar-refractivity contribution is -0.108. The van der Waals surface area contributed by atoms with E-state index in [9.17, 15) is 4.79 Å². The highest BCUT2D eigenvalue weighted by Gasteiger charge is 2.12. The van der Waals surface area contributed by atoms with Gasteiger partial charge in [-0.15, -0.1) is 0 Å². The zero-order valence-electron chi connectivity index (χ0n) is 9.84. The molecule has 0 saturated carbocycles. The molecule has 0 spiro atoms. The lowest BCUT2D eigenvalue weighted by atomic mass is 9.92. The lowest BCUT2D eigenvalue weighted by Gasteiger charge is -2.11. The standard InChI is InChI=1S/C15H15NO/c1-2-12-3-5-13(6-4-12)15(11-17)14-7-9-16-10-8-14/h3-11,15H,2H2,1H3. The molecule has 0 bridgehead atoms. The topological polar surface area (TPSA) is 30.0 Å². The highest BCUT2D eigenvalue weighted by Crippen LogP contribution is 2.22. The second-order valence-corrected chi connectivity index (χ2v) is 3.99. The molecule has 1 aromatic carbocycles. The van der Waals surface area contributed by atoms with Gasteiger partial charge in [-0.3, -0.25) is 4.98 Å². The minimum Gasteiger partial charge on any atom is -0.302 e. The van der Waals surface area contributed by atoms with Gasteiger partial charge in [-0.05, 0) is 35.2 Å². The molecule has 2 aromatic rings. The van der Waals surface area contributed by atoms with E-state index in [4.69, 9.17) is 0 Å². The summed E-state index contributed by atoms with van der Waals surface area (Å²) in [4.78, 5) is 15.2. The molecule has 0 radical (unpaired) electrons. The average Bonchev–Trinajstić information content (AvgIpc) is 2.42. The van der Waals surface area contributed by atoms with Crippen LogP contribution in [0.4, 0.5) is 0 Å². The van der Waals surface area contributed by atoms with Crippen LogP contribution in [0.25, 0.3) is 0 Å². The lowest BCUT2D eigenvalue weighted by Crippen LogP contribution is -2.02. The first-order valence-corrected chi connectivity index (χ1v) is 5.79. The molecule has 1 atom stereocenters. The number of hydrogen-bond donors (Lipinski definition) is 0. The van der Waals surface area contributed by atoms with Gasteiger partial charge in [-0.2, -0.15) is 0 Å². The van der Waals surface area contributed by atoms with Crippen molar-refractivity contribution in [2.75, 3.05) is 0 Å². The van der Waals surface area contributed by atoms with E-state index in [0.29, 0.717) is 0 Å². The van der Waals surface area contributed by atoms with Gasteiger partial charge in [0, 0.05) is 12.4 Å². The van der Waals surface area contributed by atoms with Crippen LogP contribution in [-0.2, 0) is 11.2 Å². The molecule has 0 N–H and O–H groups in total. The fourth-order valence-electron chi connectivity index (χ4n) is 1.88. The van der Waals surface area contributed by atoms with Gasteiger partial charge in [0.15, 0.2) is 0 Å². The van der Waals surface area contributed by atoms with Crippen molar-refractivity contribution in [1.29, 1.82) is 0 Å². The van der Waals surface area contributed by atoms with Gasteiger partial charge in [-0.25, -0.2) is 0 Å². The summed E-state index contributed by atoms with van der Waals surface area (Å²) >= 11 is 0. The number of aldehydes is 1. The quantitative estimate of drug-likeness (QED) is 0.749. The molecule has 1 unspecified atom stereocenters. The summed E-state index contributed by atoms with van der Waals surface area (Å²) in [7, 11) is 0. The Bertz CT molecular complexity index is 476.